The van der Waals surface area contributed by atoms with E-state index < -0.39 is 5.54 Å². The number of hydrogen-bond acceptors (Lipinski definition) is 4. The number of benzene rings is 1. The second kappa shape index (κ2) is 6.39. The van der Waals surface area contributed by atoms with Crippen molar-refractivity contribution in [3.05, 3.63) is 47.6 Å². The van der Waals surface area contributed by atoms with Crippen LogP contribution in [0, 0.1) is 5.92 Å². The number of hydrogen-bond donors (Lipinski definition) is 1. The number of aromatic nitrogens is 2. The fraction of sp³-hybridized carbons (Fsp3) is 0.529. The molecule has 0 radical (unpaired) electrons. The first-order valence-electron chi connectivity index (χ1n) is 7.67. The van der Waals surface area contributed by atoms with Crippen molar-refractivity contribution in [1.82, 2.24) is 10.1 Å². The summed E-state index contributed by atoms with van der Waals surface area (Å²) in [5, 5.41) is 4.11. The van der Waals surface area contributed by atoms with Crippen molar-refractivity contribution in [2.75, 3.05) is 0 Å². The van der Waals surface area contributed by atoms with E-state index in [1.807, 2.05) is 32.0 Å². The molecule has 2 aromatic rings. The first kappa shape index (κ1) is 15.7. The molecule has 2 N–H and O–H groups in total. The molecule has 0 aliphatic heterocycles. The van der Waals surface area contributed by atoms with Crippen molar-refractivity contribution < 1.29 is 4.52 Å². The molecule has 0 aliphatic carbocycles. The zero-order chi connectivity index (χ0) is 15.5. The smallest absolute Gasteiger partial charge is 0.234 e. The van der Waals surface area contributed by atoms with Crippen LogP contribution < -0.4 is 5.73 Å². The maximum absolute atomic E-state index is 6.21. The Morgan fingerprint density at radius 2 is 1.90 bits per heavy atom. The van der Waals surface area contributed by atoms with E-state index in [1.165, 1.54) is 5.56 Å². The summed E-state index contributed by atoms with van der Waals surface area (Å²) in [7, 11) is 0. The Balaban J connectivity index is 2.39. The summed E-state index contributed by atoms with van der Waals surface area (Å²) < 4.78 is 5.55. The number of nitrogens with zero attached hydrogens (tertiary/aromatic N) is 2. The lowest BCUT2D eigenvalue weighted by Crippen LogP contribution is -2.33. The van der Waals surface area contributed by atoms with Crippen molar-refractivity contribution in [1.29, 1.82) is 0 Å². The van der Waals surface area contributed by atoms with E-state index >= 15 is 0 Å². The summed E-state index contributed by atoms with van der Waals surface area (Å²) in [5.74, 6) is 1.79. The highest BCUT2D eigenvalue weighted by atomic mass is 16.5. The molecule has 3 atom stereocenters. The quantitative estimate of drug-likeness (QED) is 0.877. The zero-order valence-corrected chi connectivity index (χ0v) is 13.3. The molecule has 3 unspecified atom stereocenters. The maximum atomic E-state index is 6.21. The molecule has 0 spiro atoms. The second-order valence-corrected chi connectivity index (χ2v) is 6.00. The van der Waals surface area contributed by atoms with Crippen LogP contribution in [0.2, 0.25) is 0 Å². The Bertz CT molecular complexity index is 562. The van der Waals surface area contributed by atoms with Crippen molar-refractivity contribution in [3.8, 4) is 0 Å². The molecule has 114 valence electrons. The summed E-state index contributed by atoms with van der Waals surface area (Å²) in [6, 6.07) is 10.3. The molecule has 0 saturated carbocycles. The fourth-order valence-corrected chi connectivity index (χ4v) is 2.36. The summed E-state index contributed by atoms with van der Waals surface area (Å²) in [4.78, 5) is 4.60. The van der Waals surface area contributed by atoms with E-state index in [4.69, 9.17) is 10.3 Å². The van der Waals surface area contributed by atoms with E-state index in [0.29, 0.717) is 17.6 Å². The Hall–Kier alpha value is -1.68. The molecule has 4 nitrogen and oxygen atoms in total. The summed E-state index contributed by atoms with van der Waals surface area (Å²) in [6.45, 7) is 8.35. The largest absolute Gasteiger partial charge is 0.339 e. The maximum Gasteiger partial charge on any atom is 0.234 e. The molecule has 0 aliphatic rings. The summed E-state index contributed by atoms with van der Waals surface area (Å²) in [5.41, 5.74) is 6.88. The molecule has 2 rings (SSSR count). The fourth-order valence-electron chi connectivity index (χ4n) is 2.36. The van der Waals surface area contributed by atoms with Crippen LogP contribution in [0.15, 0.2) is 34.9 Å². The SMILES string of the molecule is CCC(C)C(c1ccccc1)c1nc(C(C)(N)CC)no1. The average Bonchev–Trinajstić information content (AvgIpc) is 2.98. The third kappa shape index (κ3) is 3.32. The van der Waals surface area contributed by atoms with Crippen LogP contribution in [0.3, 0.4) is 0 Å². The first-order chi connectivity index (χ1) is 9.99. The highest BCUT2D eigenvalue weighted by Gasteiger charge is 2.30. The predicted molar refractivity (Wildman–Crippen MR) is 83.9 cm³/mol. The van der Waals surface area contributed by atoms with Crippen molar-refractivity contribution in [3.63, 3.8) is 0 Å². The molecular formula is C17H25N3O. The number of nitrogens with two attached hydrogens (primary N) is 1. The third-order valence-corrected chi connectivity index (χ3v) is 4.32. The Labute approximate surface area is 126 Å². The van der Waals surface area contributed by atoms with Crippen LogP contribution in [0.4, 0.5) is 0 Å². The van der Waals surface area contributed by atoms with Gasteiger partial charge in [-0.3, -0.25) is 0 Å². The molecule has 0 fully saturated rings. The van der Waals surface area contributed by atoms with Gasteiger partial charge in [-0.25, -0.2) is 0 Å². The van der Waals surface area contributed by atoms with E-state index in [9.17, 15) is 0 Å². The van der Waals surface area contributed by atoms with Crippen LogP contribution in [0.1, 0.15) is 63.7 Å². The molecule has 21 heavy (non-hydrogen) atoms. The minimum atomic E-state index is -0.543. The topological polar surface area (TPSA) is 64.9 Å². The second-order valence-electron chi connectivity index (χ2n) is 6.00. The minimum absolute atomic E-state index is 0.116. The number of rotatable bonds is 6. The summed E-state index contributed by atoms with van der Waals surface area (Å²) in [6.07, 6.45) is 1.82. The predicted octanol–water partition coefficient (Wildman–Crippen LogP) is 3.83. The molecule has 0 bridgehead atoms. The van der Waals surface area contributed by atoms with Gasteiger partial charge in [0.15, 0.2) is 5.82 Å². The van der Waals surface area contributed by atoms with E-state index in [0.717, 1.165) is 12.8 Å². The highest BCUT2D eigenvalue weighted by molar-refractivity contribution is 5.25. The average molecular weight is 287 g/mol. The van der Waals surface area contributed by atoms with Gasteiger partial charge in [-0.2, -0.15) is 4.98 Å². The van der Waals surface area contributed by atoms with Gasteiger partial charge in [-0.05, 0) is 24.8 Å². The lowest BCUT2D eigenvalue weighted by Gasteiger charge is -2.20. The van der Waals surface area contributed by atoms with E-state index in [-0.39, 0.29) is 5.92 Å². The van der Waals surface area contributed by atoms with Gasteiger partial charge in [-0.15, -0.1) is 0 Å². The van der Waals surface area contributed by atoms with Gasteiger partial charge in [0.2, 0.25) is 5.89 Å². The molecule has 1 heterocycles. The van der Waals surface area contributed by atoms with Gasteiger partial charge in [0.05, 0.1) is 11.5 Å². The van der Waals surface area contributed by atoms with E-state index in [2.05, 4.69) is 36.1 Å². The normalized spacial score (nSPS) is 17.2. The van der Waals surface area contributed by atoms with Gasteiger partial charge in [-0.1, -0.05) is 62.7 Å². The van der Waals surface area contributed by atoms with E-state index in [1.54, 1.807) is 0 Å². The summed E-state index contributed by atoms with van der Waals surface area (Å²) >= 11 is 0. The first-order valence-corrected chi connectivity index (χ1v) is 7.67. The van der Waals surface area contributed by atoms with Gasteiger partial charge in [0.1, 0.15) is 0 Å². The molecule has 0 amide bonds. The Morgan fingerprint density at radius 3 is 2.48 bits per heavy atom. The van der Waals surface area contributed by atoms with Crippen LogP contribution >= 0.6 is 0 Å². The van der Waals surface area contributed by atoms with Gasteiger partial charge in [0.25, 0.3) is 0 Å². The van der Waals surface area contributed by atoms with Crippen LogP contribution in [0.25, 0.3) is 0 Å². The third-order valence-electron chi connectivity index (χ3n) is 4.32. The lowest BCUT2D eigenvalue weighted by molar-refractivity contribution is 0.319. The Kier molecular flexibility index (Phi) is 4.78. The molecule has 1 aromatic carbocycles. The molecule has 4 heteroatoms. The highest BCUT2D eigenvalue weighted by Crippen LogP contribution is 2.33. The van der Waals surface area contributed by atoms with Crippen molar-refractivity contribution in [2.45, 2.75) is 52.0 Å². The zero-order valence-electron chi connectivity index (χ0n) is 13.3. The molecular weight excluding hydrogens is 262 g/mol. The van der Waals surface area contributed by atoms with Gasteiger partial charge in [0, 0.05) is 0 Å². The van der Waals surface area contributed by atoms with Crippen LogP contribution in [-0.4, -0.2) is 10.1 Å². The standard InChI is InChI=1S/C17H25N3O/c1-5-12(3)14(13-10-8-7-9-11-13)15-19-16(20-21-15)17(4,18)6-2/h7-12,14H,5-6,18H2,1-4H3. The molecule has 1 aromatic heterocycles. The monoisotopic (exact) mass is 287 g/mol. The van der Waals surface area contributed by atoms with Crippen LogP contribution in [0.5, 0.6) is 0 Å². The van der Waals surface area contributed by atoms with Crippen molar-refractivity contribution >= 4 is 0 Å². The van der Waals surface area contributed by atoms with Crippen LogP contribution in [-0.2, 0) is 5.54 Å². The van der Waals surface area contributed by atoms with Gasteiger partial charge >= 0.3 is 0 Å². The van der Waals surface area contributed by atoms with Gasteiger partial charge < -0.3 is 10.3 Å². The Morgan fingerprint density at radius 1 is 1.24 bits per heavy atom. The van der Waals surface area contributed by atoms with Crippen molar-refractivity contribution in [2.24, 2.45) is 11.7 Å². The lowest BCUT2D eigenvalue weighted by atomic mass is 9.85. The minimum Gasteiger partial charge on any atom is -0.339 e. The molecule has 0 saturated heterocycles.